The fourth-order valence-corrected chi connectivity index (χ4v) is 5.09. The first-order valence-electron chi connectivity index (χ1n) is 10.2. The van der Waals surface area contributed by atoms with E-state index in [1.165, 1.54) is 21.9 Å². The van der Waals surface area contributed by atoms with Gasteiger partial charge in [0.25, 0.3) is 0 Å². The first kappa shape index (κ1) is 17.2. The van der Waals surface area contributed by atoms with Crippen LogP contribution >= 0.6 is 0 Å². The van der Waals surface area contributed by atoms with Crippen LogP contribution in [0.2, 0.25) is 0 Å². The monoisotopic (exact) mass is 367 g/mol. The van der Waals surface area contributed by atoms with Gasteiger partial charge in [0.05, 0.1) is 11.5 Å². The number of hydrogen-bond acceptors (Lipinski definition) is 1. The second-order valence-electron chi connectivity index (χ2n) is 8.38. The summed E-state index contributed by atoms with van der Waals surface area (Å²) in [5, 5.41) is 2.48. The summed E-state index contributed by atoms with van der Waals surface area (Å²) in [5.74, 6) is 0.516. The van der Waals surface area contributed by atoms with Crippen LogP contribution in [0.15, 0.2) is 84.9 Å². The highest BCUT2D eigenvalue weighted by Crippen LogP contribution is 2.54. The highest BCUT2D eigenvalue weighted by molar-refractivity contribution is 5.88. The van der Waals surface area contributed by atoms with Crippen molar-refractivity contribution in [2.45, 2.75) is 32.4 Å². The Kier molecular flexibility index (Phi) is 4.08. The lowest BCUT2D eigenvalue weighted by atomic mass is 9.69. The lowest BCUT2D eigenvalue weighted by molar-refractivity contribution is -0.137. The Morgan fingerprint density at radius 3 is 2.54 bits per heavy atom. The highest BCUT2D eigenvalue weighted by Gasteiger charge is 2.55. The van der Waals surface area contributed by atoms with Crippen LogP contribution in [0, 0.1) is 11.3 Å². The van der Waals surface area contributed by atoms with Crippen LogP contribution < -0.4 is 0 Å². The van der Waals surface area contributed by atoms with Crippen molar-refractivity contribution in [2.24, 2.45) is 11.3 Å². The summed E-state index contributed by atoms with van der Waals surface area (Å²) in [7, 11) is 0. The maximum absolute atomic E-state index is 13.6. The van der Waals surface area contributed by atoms with Gasteiger partial charge in [0, 0.05) is 12.5 Å². The predicted octanol–water partition coefficient (Wildman–Crippen LogP) is 5.90. The second kappa shape index (κ2) is 6.63. The zero-order valence-electron chi connectivity index (χ0n) is 16.2. The van der Waals surface area contributed by atoms with Crippen molar-refractivity contribution >= 4 is 16.7 Å². The molecule has 1 aliphatic heterocycles. The number of hydrogen-bond donors (Lipinski definition) is 0. The number of fused-ring (bicyclic) bond motifs is 2. The smallest absolute Gasteiger partial charge is 0.230 e. The van der Waals surface area contributed by atoms with Gasteiger partial charge in [-0.25, -0.2) is 0 Å². The Labute approximate surface area is 166 Å². The lowest BCUT2D eigenvalue weighted by Crippen LogP contribution is -2.34. The van der Waals surface area contributed by atoms with E-state index in [1.54, 1.807) is 0 Å². The van der Waals surface area contributed by atoms with Crippen molar-refractivity contribution in [3.05, 3.63) is 96.1 Å². The topological polar surface area (TPSA) is 20.3 Å². The fraction of sp³-hybridized carbons (Fsp3) is 0.269. The maximum Gasteiger partial charge on any atom is 0.230 e. The molecule has 0 spiro atoms. The van der Waals surface area contributed by atoms with Gasteiger partial charge in [-0.1, -0.05) is 85.8 Å². The van der Waals surface area contributed by atoms with E-state index in [2.05, 4.69) is 90.7 Å². The normalized spacial score (nSPS) is 26.6. The van der Waals surface area contributed by atoms with Crippen LogP contribution in [0.5, 0.6) is 0 Å². The van der Waals surface area contributed by atoms with Crippen LogP contribution in [0.3, 0.4) is 0 Å². The molecule has 2 aliphatic rings. The number of benzene rings is 3. The molecular formula is C26H25NO. The number of rotatable bonds is 3. The summed E-state index contributed by atoms with van der Waals surface area (Å²) in [4.78, 5) is 15.7. The van der Waals surface area contributed by atoms with Gasteiger partial charge < -0.3 is 4.90 Å². The van der Waals surface area contributed by atoms with E-state index in [0.717, 1.165) is 12.8 Å². The third kappa shape index (κ3) is 2.67. The van der Waals surface area contributed by atoms with Crippen molar-refractivity contribution in [2.75, 3.05) is 0 Å². The minimum absolute atomic E-state index is 0.0823. The molecular weight excluding hydrogens is 342 g/mol. The summed E-state index contributed by atoms with van der Waals surface area (Å²) in [5.41, 5.74) is 2.12. The molecule has 140 valence electrons. The summed E-state index contributed by atoms with van der Waals surface area (Å²) in [6.07, 6.45) is 6.48. The van der Waals surface area contributed by atoms with Crippen molar-refractivity contribution in [3.8, 4) is 0 Å². The number of carbonyl (C=O) groups is 1. The largest absolute Gasteiger partial charge is 0.330 e. The molecule has 1 saturated heterocycles. The first-order chi connectivity index (χ1) is 13.7. The number of carbonyl (C=O) groups excluding carboxylic acids is 1. The molecule has 1 fully saturated rings. The zero-order chi connectivity index (χ0) is 19.1. The number of allylic oxidation sites excluding steroid dienone is 1. The maximum atomic E-state index is 13.6. The molecule has 0 unspecified atom stereocenters. The molecule has 1 amide bonds. The minimum atomic E-state index is -0.306. The van der Waals surface area contributed by atoms with Crippen LogP contribution in [-0.4, -0.2) is 10.8 Å². The molecule has 0 radical (unpaired) electrons. The van der Waals surface area contributed by atoms with Gasteiger partial charge in [-0.3, -0.25) is 4.79 Å². The Bertz CT molecular complexity index is 1050. The van der Waals surface area contributed by atoms with Crippen LogP contribution in [0.1, 0.15) is 36.9 Å². The van der Waals surface area contributed by atoms with E-state index < -0.39 is 0 Å². The SMILES string of the molecule is C[C@@]12CCC=C[C@H]1[C@H](c1ccc3ccccc3c1)N(Cc1ccccc1)C2=O. The van der Waals surface area contributed by atoms with Gasteiger partial charge in [-0.2, -0.15) is 0 Å². The molecule has 1 heterocycles. The Balaban J connectivity index is 1.62. The van der Waals surface area contributed by atoms with Gasteiger partial charge in [-0.05, 0) is 40.8 Å². The number of nitrogens with zero attached hydrogens (tertiary/aromatic N) is 1. The van der Waals surface area contributed by atoms with Gasteiger partial charge in [0.2, 0.25) is 5.91 Å². The van der Waals surface area contributed by atoms with Crippen LogP contribution in [0.4, 0.5) is 0 Å². The summed E-state index contributed by atoms with van der Waals surface area (Å²) < 4.78 is 0. The average molecular weight is 367 g/mol. The predicted molar refractivity (Wildman–Crippen MR) is 114 cm³/mol. The average Bonchev–Trinajstić information content (AvgIpc) is 2.96. The molecule has 1 aliphatic carbocycles. The van der Waals surface area contributed by atoms with Crippen LogP contribution in [-0.2, 0) is 11.3 Å². The second-order valence-corrected chi connectivity index (χ2v) is 8.38. The molecule has 0 saturated carbocycles. The minimum Gasteiger partial charge on any atom is -0.330 e. The third-order valence-electron chi connectivity index (χ3n) is 6.65. The van der Waals surface area contributed by atoms with Gasteiger partial charge in [0.15, 0.2) is 0 Å². The van der Waals surface area contributed by atoms with Crippen molar-refractivity contribution in [3.63, 3.8) is 0 Å². The molecule has 28 heavy (non-hydrogen) atoms. The molecule has 2 heteroatoms. The van der Waals surface area contributed by atoms with Crippen LogP contribution in [0.25, 0.3) is 10.8 Å². The summed E-state index contributed by atoms with van der Waals surface area (Å²) >= 11 is 0. The van der Waals surface area contributed by atoms with Gasteiger partial charge in [-0.15, -0.1) is 0 Å². The summed E-state index contributed by atoms with van der Waals surface area (Å²) in [6, 6.07) is 25.6. The molecule has 0 aromatic heterocycles. The molecule has 0 N–H and O–H groups in total. The van der Waals surface area contributed by atoms with E-state index in [0.29, 0.717) is 12.5 Å². The number of likely N-dealkylation sites (tertiary alicyclic amines) is 1. The van der Waals surface area contributed by atoms with E-state index in [1.807, 2.05) is 6.07 Å². The highest BCUT2D eigenvalue weighted by atomic mass is 16.2. The van der Waals surface area contributed by atoms with E-state index in [-0.39, 0.29) is 17.4 Å². The van der Waals surface area contributed by atoms with E-state index >= 15 is 0 Å². The standard InChI is InChI=1S/C26H25NO/c1-26-16-8-7-13-23(26)24(22-15-14-20-11-5-6-12-21(20)17-22)27(25(26)28)18-19-9-3-2-4-10-19/h2-7,9-15,17,23-24H,8,16,18H2,1H3/t23-,24-,26+/m0/s1. The number of amides is 1. The quantitative estimate of drug-likeness (QED) is 0.528. The molecule has 3 aromatic carbocycles. The van der Waals surface area contributed by atoms with E-state index in [9.17, 15) is 4.79 Å². The molecule has 0 bridgehead atoms. The Morgan fingerprint density at radius 2 is 1.71 bits per heavy atom. The lowest BCUT2D eigenvalue weighted by Gasteiger charge is -2.32. The van der Waals surface area contributed by atoms with Crippen molar-refractivity contribution < 1.29 is 4.79 Å². The summed E-state index contributed by atoms with van der Waals surface area (Å²) in [6.45, 7) is 2.83. The molecule has 3 aromatic rings. The van der Waals surface area contributed by atoms with E-state index in [4.69, 9.17) is 0 Å². The van der Waals surface area contributed by atoms with Gasteiger partial charge in [0.1, 0.15) is 0 Å². The first-order valence-corrected chi connectivity index (χ1v) is 10.2. The van der Waals surface area contributed by atoms with Crippen molar-refractivity contribution in [1.82, 2.24) is 4.90 Å². The third-order valence-corrected chi connectivity index (χ3v) is 6.65. The Morgan fingerprint density at radius 1 is 0.964 bits per heavy atom. The fourth-order valence-electron chi connectivity index (χ4n) is 5.09. The van der Waals surface area contributed by atoms with Crippen molar-refractivity contribution in [1.29, 1.82) is 0 Å². The molecule has 5 rings (SSSR count). The Hall–Kier alpha value is -2.87. The molecule has 2 nitrogen and oxygen atoms in total. The molecule has 3 atom stereocenters. The zero-order valence-corrected chi connectivity index (χ0v) is 16.2. The van der Waals surface area contributed by atoms with Gasteiger partial charge >= 0.3 is 0 Å².